The molecule has 1 saturated heterocycles. The third kappa shape index (κ3) is 5.46. The van der Waals surface area contributed by atoms with Crippen LogP contribution in [0.15, 0.2) is 35.4 Å². The predicted octanol–water partition coefficient (Wildman–Crippen LogP) is 3.63. The molecular formula is C24H30N2O5S2. The first kappa shape index (κ1) is 23.9. The molecule has 2 aromatic rings. The SMILES string of the molecule is CCC(=O)N1CC[C@H](C[C@@H](C(=O)Cc2ncc(OC)s2)c2ccc(S(=O)(=O)C3CC3)cc2)C1. The Morgan fingerprint density at radius 1 is 1.21 bits per heavy atom. The van der Waals surface area contributed by atoms with Crippen LogP contribution >= 0.6 is 11.3 Å². The Labute approximate surface area is 199 Å². The molecule has 1 aliphatic heterocycles. The molecule has 9 heteroatoms. The summed E-state index contributed by atoms with van der Waals surface area (Å²) in [4.78, 5) is 32.0. The highest BCUT2D eigenvalue weighted by atomic mass is 32.2. The van der Waals surface area contributed by atoms with Gasteiger partial charge in [-0.25, -0.2) is 13.4 Å². The van der Waals surface area contributed by atoms with Gasteiger partial charge in [0, 0.05) is 25.4 Å². The van der Waals surface area contributed by atoms with E-state index in [0.717, 1.165) is 31.4 Å². The molecule has 0 N–H and O–H groups in total. The number of ketones is 1. The second kappa shape index (κ2) is 9.93. The third-order valence-corrected chi connectivity index (χ3v) is 9.77. The van der Waals surface area contributed by atoms with Crippen LogP contribution in [-0.4, -0.2) is 55.4 Å². The van der Waals surface area contributed by atoms with Crippen LogP contribution in [0, 0.1) is 5.92 Å². The molecule has 2 aliphatic rings. The summed E-state index contributed by atoms with van der Waals surface area (Å²) in [5.74, 6) is 0.0457. The van der Waals surface area contributed by atoms with E-state index in [1.807, 2.05) is 11.8 Å². The highest BCUT2D eigenvalue weighted by Crippen LogP contribution is 2.36. The average molecular weight is 491 g/mol. The maximum atomic E-state index is 13.4. The minimum atomic E-state index is -3.27. The molecule has 4 rings (SSSR count). The van der Waals surface area contributed by atoms with Crippen LogP contribution in [0.3, 0.4) is 0 Å². The van der Waals surface area contributed by atoms with Crippen LogP contribution in [0.1, 0.15) is 55.5 Å². The maximum Gasteiger partial charge on any atom is 0.222 e. The fraction of sp³-hybridized carbons (Fsp3) is 0.542. The fourth-order valence-electron chi connectivity index (χ4n) is 4.46. The number of carbonyl (C=O) groups excluding carboxylic acids is 2. The van der Waals surface area contributed by atoms with Crippen molar-refractivity contribution in [3.63, 3.8) is 0 Å². The van der Waals surface area contributed by atoms with Crippen molar-refractivity contribution >= 4 is 32.9 Å². The number of benzene rings is 1. The zero-order valence-electron chi connectivity index (χ0n) is 19.0. The maximum absolute atomic E-state index is 13.4. The molecule has 2 fully saturated rings. The lowest BCUT2D eigenvalue weighted by atomic mass is 9.84. The largest absolute Gasteiger partial charge is 0.486 e. The Kier molecular flexibility index (Phi) is 7.19. The van der Waals surface area contributed by atoms with Gasteiger partial charge < -0.3 is 9.64 Å². The zero-order valence-corrected chi connectivity index (χ0v) is 20.7. The van der Waals surface area contributed by atoms with Gasteiger partial charge in [0.05, 0.1) is 29.9 Å². The molecular weight excluding hydrogens is 460 g/mol. The molecule has 0 unspecified atom stereocenters. The predicted molar refractivity (Wildman–Crippen MR) is 126 cm³/mol. The van der Waals surface area contributed by atoms with Gasteiger partial charge >= 0.3 is 0 Å². The van der Waals surface area contributed by atoms with Crippen molar-refractivity contribution in [2.24, 2.45) is 5.92 Å². The van der Waals surface area contributed by atoms with Crippen LogP contribution in [0.2, 0.25) is 0 Å². The van der Waals surface area contributed by atoms with Crippen molar-refractivity contribution < 1.29 is 22.7 Å². The lowest BCUT2D eigenvalue weighted by Crippen LogP contribution is -2.28. The summed E-state index contributed by atoms with van der Waals surface area (Å²) in [6, 6.07) is 6.84. The van der Waals surface area contributed by atoms with Gasteiger partial charge in [0.25, 0.3) is 0 Å². The Morgan fingerprint density at radius 2 is 1.94 bits per heavy atom. The summed E-state index contributed by atoms with van der Waals surface area (Å²) in [7, 11) is -1.70. The molecule has 1 aromatic carbocycles. The number of Topliss-reactive ketones (excluding diaryl/α,β-unsaturated/α-hetero) is 1. The van der Waals surface area contributed by atoms with Gasteiger partial charge in [-0.1, -0.05) is 30.4 Å². The van der Waals surface area contributed by atoms with E-state index in [1.165, 1.54) is 11.3 Å². The van der Waals surface area contributed by atoms with Crippen molar-refractivity contribution in [2.75, 3.05) is 20.2 Å². The molecule has 2 heterocycles. The molecule has 2 atom stereocenters. The fourth-order valence-corrected chi connectivity index (χ4v) is 6.86. The van der Waals surface area contributed by atoms with Crippen molar-refractivity contribution in [3.8, 4) is 5.06 Å². The molecule has 1 amide bonds. The lowest BCUT2D eigenvalue weighted by Gasteiger charge is -2.21. The number of sulfone groups is 1. The summed E-state index contributed by atoms with van der Waals surface area (Å²) in [6.07, 6.45) is 5.24. The molecule has 7 nitrogen and oxygen atoms in total. The van der Waals surface area contributed by atoms with Crippen molar-refractivity contribution in [3.05, 3.63) is 41.0 Å². The summed E-state index contributed by atoms with van der Waals surface area (Å²) in [5, 5.41) is 1.10. The van der Waals surface area contributed by atoms with Gasteiger partial charge in [0.15, 0.2) is 14.9 Å². The lowest BCUT2D eigenvalue weighted by molar-refractivity contribution is -0.129. The normalized spacial score (nSPS) is 19.5. The topological polar surface area (TPSA) is 93.6 Å². The van der Waals surface area contributed by atoms with Crippen molar-refractivity contribution in [1.29, 1.82) is 0 Å². The third-order valence-electron chi connectivity index (χ3n) is 6.53. The Balaban J connectivity index is 1.54. The van der Waals surface area contributed by atoms with Gasteiger partial charge in [0.2, 0.25) is 5.91 Å². The number of hydrogen-bond donors (Lipinski definition) is 0. The second-order valence-corrected chi connectivity index (χ2v) is 12.2. The van der Waals surface area contributed by atoms with E-state index in [9.17, 15) is 18.0 Å². The van der Waals surface area contributed by atoms with Gasteiger partial charge in [-0.3, -0.25) is 9.59 Å². The monoisotopic (exact) mass is 490 g/mol. The minimum absolute atomic E-state index is 0.0464. The summed E-state index contributed by atoms with van der Waals surface area (Å²) < 4.78 is 30.3. The van der Waals surface area contributed by atoms with E-state index in [1.54, 1.807) is 37.6 Å². The van der Waals surface area contributed by atoms with Gasteiger partial charge in [-0.2, -0.15) is 0 Å². The Morgan fingerprint density at radius 3 is 2.55 bits per heavy atom. The first-order chi connectivity index (χ1) is 15.8. The van der Waals surface area contributed by atoms with Crippen LogP contribution in [-0.2, 0) is 25.8 Å². The van der Waals surface area contributed by atoms with E-state index in [0.29, 0.717) is 34.4 Å². The Bertz CT molecular complexity index is 1110. The number of amides is 1. The smallest absolute Gasteiger partial charge is 0.222 e. The molecule has 0 bridgehead atoms. The highest BCUT2D eigenvalue weighted by molar-refractivity contribution is 7.92. The van der Waals surface area contributed by atoms with Crippen LogP contribution in [0.5, 0.6) is 5.06 Å². The summed E-state index contributed by atoms with van der Waals surface area (Å²) >= 11 is 1.35. The van der Waals surface area contributed by atoms with Gasteiger partial charge in [-0.15, -0.1) is 0 Å². The first-order valence-corrected chi connectivity index (χ1v) is 13.8. The van der Waals surface area contributed by atoms with E-state index in [4.69, 9.17) is 4.74 Å². The molecule has 33 heavy (non-hydrogen) atoms. The highest BCUT2D eigenvalue weighted by Gasteiger charge is 2.37. The van der Waals surface area contributed by atoms with Crippen molar-refractivity contribution in [2.45, 2.75) is 61.5 Å². The van der Waals surface area contributed by atoms with E-state index < -0.39 is 9.84 Å². The number of ether oxygens (including phenoxy) is 1. The molecule has 1 aliphatic carbocycles. The van der Waals surface area contributed by atoms with Crippen molar-refractivity contribution in [1.82, 2.24) is 9.88 Å². The summed E-state index contributed by atoms with van der Waals surface area (Å²) in [5.41, 5.74) is 0.818. The van der Waals surface area contributed by atoms with E-state index >= 15 is 0 Å². The number of thiazole rings is 1. The quantitative estimate of drug-likeness (QED) is 0.505. The van der Waals surface area contributed by atoms with Gasteiger partial charge in [0.1, 0.15) is 10.8 Å². The number of aromatic nitrogens is 1. The first-order valence-electron chi connectivity index (χ1n) is 11.4. The summed E-state index contributed by atoms with van der Waals surface area (Å²) in [6.45, 7) is 3.25. The van der Waals surface area contributed by atoms with Crippen LogP contribution in [0.4, 0.5) is 0 Å². The number of hydrogen-bond acceptors (Lipinski definition) is 7. The minimum Gasteiger partial charge on any atom is -0.486 e. The van der Waals surface area contributed by atoms with E-state index in [-0.39, 0.29) is 35.2 Å². The van der Waals surface area contributed by atoms with Crippen LogP contribution < -0.4 is 4.74 Å². The number of rotatable bonds is 10. The molecule has 0 radical (unpaired) electrons. The average Bonchev–Trinajstić information content (AvgIpc) is 3.43. The van der Waals surface area contributed by atoms with Crippen LogP contribution in [0.25, 0.3) is 0 Å². The molecule has 178 valence electrons. The molecule has 1 saturated carbocycles. The zero-order chi connectivity index (χ0) is 23.6. The second-order valence-electron chi connectivity index (χ2n) is 8.87. The molecule has 0 spiro atoms. The number of nitrogens with zero attached hydrogens (tertiary/aromatic N) is 2. The number of methoxy groups -OCH3 is 1. The van der Waals surface area contributed by atoms with E-state index in [2.05, 4.69) is 4.98 Å². The number of likely N-dealkylation sites (tertiary alicyclic amines) is 1. The van der Waals surface area contributed by atoms with Gasteiger partial charge in [-0.05, 0) is 49.3 Å². The number of carbonyl (C=O) groups is 2. The standard InChI is InChI=1S/C24H30N2O5S2/c1-3-23(28)26-11-10-16(15-26)12-20(21(27)13-22-25-14-24(31-2)32-22)17-4-6-18(7-5-17)33(29,30)19-8-9-19/h4-7,14,16,19-20H,3,8-13,15H2,1-2H3/t16-,20-/m1/s1. The Hall–Kier alpha value is -2.26. The molecule has 1 aromatic heterocycles.